The van der Waals surface area contributed by atoms with Crippen LogP contribution in [0, 0.1) is 0 Å². The Morgan fingerprint density at radius 2 is 2.35 bits per heavy atom. The fourth-order valence-corrected chi connectivity index (χ4v) is 2.20. The molecule has 17 heavy (non-hydrogen) atoms. The van der Waals surface area contributed by atoms with Crippen molar-refractivity contribution in [1.82, 2.24) is 0 Å². The zero-order valence-electron chi connectivity index (χ0n) is 9.82. The molecule has 0 radical (unpaired) electrons. The van der Waals surface area contributed by atoms with Crippen LogP contribution < -0.4 is 10.5 Å². The highest BCUT2D eigenvalue weighted by Gasteiger charge is 2.16. The van der Waals surface area contributed by atoms with Crippen LogP contribution in [0.15, 0.2) is 18.2 Å². The van der Waals surface area contributed by atoms with E-state index in [-0.39, 0.29) is 6.10 Å². The van der Waals surface area contributed by atoms with Gasteiger partial charge in [-0.25, -0.2) is 0 Å². The first-order valence-corrected chi connectivity index (χ1v) is 6.40. The van der Waals surface area contributed by atoms with Crippen molar-refractivity contribution in [1.29, 1.82) is 0 Å². The quantitative estimate of drug-likeness (QED) is 0.879. The molecule has 2 N–H and O–H groups in total. The lowest BCUT2D eigenvalue weighted by Gasteiger charge is -2.13. The molecule has 1 saturated heterocycles. The Morgan fingerprint density at radius 1 is 1.47 bits per heavy atom. The van der Waals surface area contributed by atoms with Crippen molar-refractivity contribution in [2.45, 2.75) is 25.4 Å². The van der Waals surface area contributed by atoms with E-state index in [4.69, 9.17) is 26.8 Å². The minimum atomic E-state index is 0.217. The van der Waals surface area contributed by atoms with Gasteiger partial charge in [-0.1, -0.05) is 17.7 Å². The van der Waals surface area contributed by atoms with Crippen molar-refractivity contribution in [2.24, 2.45) is 5.73 Å². The van der Waals surface area contributed by atoms with Crippen LogP contribution in [0.4, 0.5) is 0 Å². The number of ether oxygens (including phenoxy) is 2. The van der Waals surface area contributed by atoms with Gasteiger partial charge in [0.25, 0.3) is 0 Å². The molecule has 0 amide bonds. The smallest absolute Gasteiger partial charge is 0.138 e. The SMILES string of the molecule is NCCc1ccc(OCC2CCCO2)c(Cl)c1. The molecule has 0 spiro atoms. The Bertz CT molecular complexity index is 364. The van der Waals surface area contributed by atoms with Gasteiger partial charge in [0.15, 0.2) is 0 Å². The lowest BCUT2D eigenvalue weighted by molar-refractivity contribution is 0.0680. The van der Waals surface area contributed by atoms with Crippen molar-refractivity contribution >= 4 is 11.6 Å². The Morgan fingerprint density at radius 3 is 3.00 bits per heavy atom. The second-order valence-electron chi connectivity index (χ2n) is 4.25. The molecule has 2 rings (SSSR count). The largest absolute Gasteiger partial charge is 0.489 e. The monoisotopic (exact) mass is 255 g/mol. The summed E-state index contributed by atoms with van der Waals surface area (Å²) in [7, 11) is 0. The summed E-state index contributed by atoms with van der Waals surface area (Å²) in [5, 5.41) is 0.647. The van der Waals surface area contributed by atoms with Crippen LogP contribution in [0.2, 0.25) is 5.02 Å². The Hall–Kier alpha value is -0.770. The van der Waals surface area contributed by atoms with E-state index in [2.05, 4.69) is 0 Å². The molecule has 0 saturated carbocycles. The molecule has 1 heterocycles. The standard InChI is InChI=1S/C13H18ClNO2/c14-12-8-10(5-6-15)3-4-13(12)17-9-11-2-1-7-16-11/h3-4,8,11H,1-2,5-7,9,15H2. The number of rotatable bonds is 5. The van der Waals surface area contributed by atoms with E-state index in [0.29, 0.717) is 18.2 Å². The second-order valence-corrected chi connectivity index (χ2v) is 4.66. The maximum Gasteiger partial charge on any atom is 0.138 e. The van der Waals surface area contributed by atoms with Gasteiger partial charge < -0.3 is 15.2 Å². The summed E-state index contributed by atoms with van der Waals surface area (Å²) in [5.41, 5.74) is 6.64. The van der Waals surface area contributed by atoms with E-state index in [0.717, 1.165) is 37.2 Å². The van der Waals surface area contributed by atoms with E-state index in [1.165, 1.54) is 0 Å². The minimum Gasteiger partial charge on any atom is -0.489 e. The highest BCUT2D eigenvalue weighted by molar-refractivity contribution is 6.32. The number of benzene rings is 1. The average molecular weight is 256 g/mol. The molecule has 1 fully saturated rings. The fraction of sp³-hybridized carbons (Fsp3) is 0.538. The first kappa shape index (κ1) is 12.7. The van der Waals surface area contributed by atoms with E-state index < -0.39 is 0 Å². The highest BCUT2D eigenvalue weighted by Crippen LogP contribution is 2.26. The molecule has 4 heteroatoms. The zero-order valence-corrected chi connectivity index (χ0v) is 10.6. The summed E-state index contributed by atoms with van der Waals surface area (Å²) in [6, 6.07) is 5.82. The van der Waals surface area contributed by atoms with Gasteiger partial charge in [0, 0.05) is 6.61 Å². The van der Waals surface area contributed by atoms with Crippen LogP contribution in [0.25, 0.3) is 0 Å². The summed E-state index contributed by atoms with van der Waals surface area (Å²) in [6.45, 7) is 2.06. The van der Waals surface area contributed by atoms with Crippen molar-refractivity contribution in [3.8, 4) is 5.75 Å². The zero-order chi connectivity index (χ0) is 12.1. The molecule has 1 aliphatic rings. The Labute approximate surface area is 107 Å². The molecule has 1 atom stereocenters. The third-order valence-electron chi connectivity index (χ3n) is 2.88. The average Bonchev–Trinajstić information content (AvgIpc) is 2.81. The molecule has 0 aromatic heterocycles. The van der Waals surface area contributed by atoms with Crippen LogP contribution in [0.3, 0.4) is 0 Å². The summed E-state index contributed by atoms with van der Waals surface area (Å²) in [4.78, 5) is 0. The van der Waals surface area contributed by atoms with Gasteiger partial charge in [-0.15, -0.1) is 0 Å². The van der Waals surface area contributed by atoms with Crippen LogP contribution in [-0.2, 0) is 11.2 Å². The molecule has 1 aromatic rings. The van der Waals surface area contributed by atoms with E-state index in [9.17, 15) is 0 Å². The topological polar surface area (TPSA) is 44.5 Å². The van der Waals surface area contributed by atoms with Gasteiger partial charge in [0.2, 0.25) is 0 Å². The first-order valence-electron chi connectivity index (χ1n) is 6.02. The van der Waals surface area contributed by atoms with Crippen molar-refractivity contribution in [2.75, 3.05) is 19.8 Å². The molecule has 1 aromatic carbocycles. The van der Waals surface area contributed by atoms with Gasteiger partial charge in [0.1, 0.15) is 12.4 Å². The maximum atomic E-state index is 6.14. The van der Waals surface area contributed by atoms with E-state index in [1.54, 1.807) is 0 Å². The summed E-state index contributed by atoms with van der Waals surface area (Å²) in [6.07, 6.45) is 3.25. The molecule has 3 nitrogen and oxygen atoms in total. The number of halogens is 1. The van der Waals surface area contributed by atoms with Gasteiger partial charge in [-0.2, -0.15) is 0 Å². The number of hydrogen-bond donors (Lipinski definition) is 1. The Kier molecular flexibility index (Phi) is 4.66. The summed E-state index contributed by atoms with van der Waals surface area (Å²) >= 11 is 6.14. The normalized spacial score (nSPS) is 19.5. The predicted molar refractivity (Wildman–Crippen MR) is 68.7 cm³/mol. The van der Waals surface area contributed by atoms with Crippen LogP contribution >= 0.6 is 11.6 Å². The third-order valence-corrected chi connectivity index (χ3v) is 3.17. The number of hydrogen-bond acceptors (Lipinski definition) is 3. The molecule has 0 bridgehead atoms. The predicted octanol–water partition coefficient (Wildman–Crippen LogP) is 2.40. The summed E-state index contributed by atoms with van der Waals surface area (Å²) in [5.74, 6) is 0.725. The lowest BCUT2D eigenvalue weighted by Crippen LogP contribution is -2.16. The first-order chi connectivity index (χ1) is 8.29. The van der Waals surface area contributed by atoms with Crippen molar-refractivity contribution < 1.29 is 9.47 Å². The lowest BCUT2D eigenvalue weighted by atomic mass is 10.1. The fourth-order valence-electron chi connectivity index (χ4n) is 1.94. The molecule has 1 unspecified atom stereocenters. The second kappa shape index (κ2) is 6.24. The van der Waals surface area contributed by atoms with E-state index >= 15 is 0 Å². The van der Waals surface area contributed by atoms with E-state index in [1.807, 2.05) is 18.2 Å². The maximum absolute atomic E-state index is 6.14. The number of nitrogens with two attached hydrogens (primary N) is 1. The third kappa shape index (κ3) is 3.60. The van der Waals surface area contributed by atoms with Crippen LogP contribution in [0.5, 0.6) is 5.75 Å². The van der Waals surface area contributed by atoms with Crippen LogP contribution in [0.1, 0.15) is 18.4 Å². The molecular weight excluding hydrogens is 238 g/mol. The van der Waals surface area contributed by atoms with Gasteiger partial charge >= 0.3 is 0 Å². The van der Waals surface area contributed by atoms with Crippen LogP contribution in [-0.4, -0.2) is 25.9 Å². The van der Waals surface area contributed by atoms with Gasteiger partial charge in [-0.05, 0) is 43.5 Å². The summed E-state index contributed by atoms with van der Waals surface area (Å²) < 4.78 is 11.2. The molecular formula is C13H18ClNO2. The van der Waals surface area contributed by atoms with Gasteiger partial charge in [0.05, 0.1) is 11.1 Å². The van der Waals surface area contributed by atoms with Crippen molar-refractivity contribution in [3.63, 3.8) is 0 Å². The Balaban J connectivity index is 1.91. The van der Waals surface area contributed by atoms with Gasteiger partial charge in [-0.3, -0.25) is 0 Å². The molecule has 0 aliphatic carbocycles. The molecule has 1 aliphatic heterocycles. The van der Waals surface area contributed by atoms with Crippen molar-refractivity contribution in [3.05, 3.63) is 28.8 Å². The molecule has 94 valence electrons. The highest BCUT2D eigenvalue weighted by atomic mass is 35.5. The minimum absolute atomic E-state index is 0.217.